The molecule has 1 aromatic rings. The van der Waals surface area contributed by atoms with Crippen LogP contribution in [-0.2, 0) is 10.9 Å². The zero-order valence-electron chi connectivity index (χ0n) is 14.6. The van der Waals surface area contributed by atoms with Crippen LogP contribution in [0.5, 0.6) is 0 Å². The molecule has 0 saturated carbocycles. The van der Waals surface area contributed by atoms with E-state index in [9.17, 15) is 18.0 Å². The van der Waals surface area contributed by atoms with E-state index in [1.54, 1.807) is 11.0 Å². The van der Waals surface area contributed by atoms with Gasteiger partial charge in [0.05, 0.1) is 5.56 Å². The second-order valence-electron chi connectivity index (χ2n) is 7.09. The van der Waals surface area contributed by atoms with Gasteiger partial charge in [-0.2, -0.15) is 13.2 Å². The van der Waals surface area contributed by atoms with E-state index in [-0.39, 0.29) is 12.0 Å². The summed E-state index contributed by atoms with van der Waals surface area (Å²) in [6.07, 6.45) is -3.33. The molecule has 0 aliphatic carbocycles. The van der Waals surface area contributed by atoms with Crippen LogP contribution < -0.4 is 0 Å². The number of ether oxygens (including phenoxy) is 1. The average molecular weight is 353 g/mol. The maximum absolute atomic E-state index is 12.7. The first-order chi connectivity index (χ1) is 11.5. The molecule has 1 saturated heterocycles. The minimum atomic E-state index is -4.36. The highest BCUT2D eigenvalue weighted by molar-refractivity contribution is 5.68. The Hall–Kier alpha value is -2.16. The standard InChI is InChI=1S/C19H22F3NO2/c1-18(2,3)25-17(24)23-11-9-14(10-12-23)7-8-15-5-4-6-16(13-15)19(20,21)22/h4-6,13-14H,9-12H2,1-3H3. The van der Waals surface area contributed by atoms with E-state index < -0.39 is 17.3 Å². The summed E-state index contributed by atoms with van der Waals surface area (Å²) in [5.41, 5.74) is -0.875. The van der Waals surface area contributed by atoms with Crippen LogP contribution >= 0.6 is 0 Å². The molecule has 0 radical (unpaired) electrons. The van der Waals surface area contributed by atoms with Gasteiger partial charge in [-0.25, -0.2) is 4.79 Å². The van der Waals surface area contributed by atoms with Crippen molar-refractivity contribution in [1.29, 1.82) is 0 Å². The fraction of sp³-hybridized carbons (Fsp3) is 0.526. The lowest BCUT2D eigenvalue weighted by atomic mass is 9.97. The number of halogens is 3. The highest BCUT2D eigenvalue weighted by Crippen LogP contribution is 2.29. The van der Waals surface area contributed by atoms with E-state index in [1.807, 2.05) is 20.8 Å². The van der Waals surface area contributed by atoms with E-state index in [0.717, 1.165) is 12.1 Å². The number of benzene rings is 1. The van der Waals surface area contributed by atoms with Gasteiger partial charge in [0.15, 0.2) is 0 Å². The Morgan fingerprint density at radius 3 is 2.40 bits per heavy atom. The third-order valence-electron chi connectivity index (χ3n) is 3.76. The van der Waals surface area contributed by atoms with Gasteiger partial charge in [0.25, 0.3) is 0 Å². The number of hydrogen-bond donors (Lipinski definition) is 0. The van der Waals surface area contributed by atoms with Gasteiger partial charge in [-0.1, -0.05) is 17.9 Å². The van der Waals surface area contributed by atoms with E-state index in [0.29, 0.717) is 31.5 Å². The van der Waals surface area contributed by atoms with Crippen LogP contribution in [0.15, 0.2) is 24.3 Å². The average Bonchev–Trinajstić information content (AvgIpc) is 2.51. The van der Waals surface area contributed by atoms with Crippen LogP contribution in [0.4, 0.5) is 18.0 Å². The molecule has 6 heteroatoms. The molecular weight excluding hydrogens is 331 g/mol. The van der Waals surface area contributed by atoms with Crippen molar-refractivity contribution in [3.05, 3.63) is 35.4 Å². The van der Waals surface area contributed by atoms with E-state index in [2.05, 4.69) is 11.8 Å². The van der Waals surface area contributed by atoms with Crippen molar-refractivity contribution in [2.45, 2.75) is 45.4 Å². The van der Waals surface area contributed by atoms with Crippen LogP contribution in [0.2, 0.25) is 0 Å². The molecule has 1 fully saturated rings. The molecule has 0 unspecified atom stereocenters. The van der Waals surface area contributed by atoms with Gasteiger partial charge in [0.2, 0.25) is 0 Å². The molecule has 1 aliphatic rings. The van der Waals surface area contributed by atoms with Crippen molar-refractivity contribution in [1.82, 2.24) is 4.90 Å². The lowest BCUT2D eigenvalue weighted by Crippen LogP contribution is -2.41. The van der Waals surface area contributed by atoms with Crippen molar-refractivity contribution >= 4 is 6.09 Å². The largest absolute Gasteiger partial charge is 0.444 e. The second-order valence-corrected chi connectivity index (χ2v) is 7.09. The summed E-state index contributed by atoms with van der Waals surface area (Å²) in [5.74, 6) is 5.92. The lowest BCUT2D eigenvalue weighted by molar-refractivity contribution is -0.137. The molecule has 0 aromatic heterocycles. The van der Waals surface area contributed by atoms with Gasteiger partial charge < -0.3 is 9.64 Å². The smallest absolute Gasteiger partial charge is 0.416 e. The van der Waals surface area contributed by atoms with Crippen molar-refractivity contribution in [2.24, 2.45) is 5.92 Å². The number of hydrogen-bond acceptors (Lipinski definition) is 2. The maximum atomic E-state index is 12.7. The maximum Gasteiger partial charge on any atom is 0.416 e. The number of carbonyl (C=O) groups excluding carboxylic acids is 1. The predicted octanol–water partition coefficient (Wildman–Crippen LogP) is 4.70. The summed E-state index contributed by atoms with van der Waals surface area (Å²) < 4.78 is 43.4. The topological polar surface area (TPSA) is 29.5 Å². The summed E-state index contributed by atoms with van der Waals surface area (Å²) >= 11 is 0. The summed E-state index contributed by atoms with van der Waals surface area (Å²) in [5, 5.41) is 0. The molecule has 0 N–H and O–H groups in total. The minimum absolute atomic E-state index is 0.0632. The number of amides is 1. The zero-order valence-corrected chi connectivity index (χ0v) is 14.6. The number of alkyl halides is 3. The van der Waals surface area contributed by atoms with Crippen LogP contribution in [0.3, 0.4) is 0 Å². The molecule has 2 rings (SSSR count). The van der Waals surface area contributed by atoms with Gasteiger partial charge in [0.1, 0.15) is 5.60 Å². The summed E-state index contributed by atoms with van der Waals surface area (Å²) in [6, 6.07) is 5.02. The number of piperidine rings is 1. The first kappa shape index (κ1) is 19.2. The quantitative estimate of drug-likeness (QED) is 0.633. The van der Waals surface area contributed by atoms with Crippen molar-refractivity contribution in [3.8, 4) is 11.8 Å². The zero-order chi connectivity index (χ0) is 18.7. The molecule has 1 aromatic carbocycles. The number of rotatable bonds is 0. The van der Waals surface area contributed by atoms with Crippen molar-refractivity contribution in [2.75, 3.05) is 13.1 Å². The molecule has 1 aliphatic heterocycles. The van der Waals surface area contributed by atoms with Gasteiger partial charge in [-0.05, 0) is 51.8 Å². The lowest BCUT2D eigenvalue weighted by Gasteiger charge is -2.31. The molecule has 0 bridgehead atoms. The third-order valence-corrected chi connectivity index (χ3v) is 3.76. The molecule has 136 valence electrons. The van der Waals surface area contributed by atoms with E-state index in [4.69, 9.17) is 4.74 Å². The third kappa shape index (κ3) is 6.00. The second kappa shape index (κ2) is 7.38. The normalized spacial score (nSPS) is 16.2. The first-order valence-corrected chi connectivity index (χ1v) is 8.21. The fourth-order valence-electron chi connectivity index (χ4n) is 2.49. The Morgan fingerprint density at radius 2 is 1.84 bits per heavy atom. The van der Waals surface area contributed by atoms with Crippen LogP contribution in [0.1, 0.15) is 44.7 Å². The summed E-state index contributed by atoms with van der Waals surface area (Å²) in [6.45, 7) is 6.53. The van der Waals surface area contributed by atoms with Crippen LogP contribution in [0.25, 0.3) is 0 Å². The molecule has 3 nitrogen and oxygen atoms in total. The number of carbonyl (C=O) groups is 1. The molecule has 25 heavy (non-hydrogen) atoms. The fourth-order valence-corrected chi connectivity index (χ4v) is 2.49. The SMILES string of the molecule is CC(C)(C)OC(=O)N1CCC(C#Cc2cccc(C(F)(F)F)c2)CC1. The van der Waals surface area contributed by atoms with Crippen LogP contribution in [0, 0.1) is 17.8 Å². The highest BCUT2D eigenvalue weighted by atomic mass is 19.4. The van der Waals surface area contributed by atoms with Gasteiger partial charge in [0, 0.05) is 24.6 Å². The first-order valence-electron chi connectivity index (χ1n) is 8.21. The monoisotopic (exact) mass is 353 g/mol. The summed E-state index contributed by atoms with van der Waals surface area (Å²) in [7, 11) is 0. The summed E-state index contributed by atoms with van der Waals surface area (Å²) in [4.78, 5) is 13.6. The molecule has 1 amide bonds. The minimum Gasteiger partial charge on any atom is -0.444 e. The Labute approximate surface area is 146 Å². The Kier molecular flexibility index (Phi) is 5.66. The van der Waals surface area contributed by atoms with E-state index in [1.165, 1.54) is 6.07 Å². The molecule has 1 heterocycles. The van der Waals surface area contributed by atoms with Crippen LogP contribution in [-0.4, -0.2) is 29.7 Å². The van der Waals surface area contributed by atoms with Gasteiger partial charge >= 0.3 is 12.3 Å². The Balaban J connectivity index is 1.93. The Bertz CT molecular complexity index is 672. The highest BCUT2D eigenvalue weighted by Gasteiger charge is 2.30. The number of nitrogens with zero attached hydrogens (tertiary/aromatic N) is 1. The van der Waals surface area contributed by atoms with Gasteiger partial charge in [-0.15, -0.1) is 0 Å². The van der Waals surface area contributed by atoms with E-state index >= 15 is 0 Å². The Morgan fingerprint density at radius 1 is 1.20 bits per heavy atom. The molecule has 0 spiro atoms. The number of likely N-dealkylation sites (tertiary alicyclic amines) is 1. The molecule has 0 atom stereocenters. The van der Waals surface area contributed by atoms with Crippen molar-refractivity contribution < 1.29 is 22.7 Å². The predicted molar refractivity (Wildman–Crippen MR) is 88.9 cm³/mol. The molecular formula is C19H22F3NO2. The van der Waals surface area contributed by atoms with Crippen molar-refractivity contribution in [3.63, 3.8) is 0 Å². The van der Waals surface area contributed by atoms with Gasteiger partial charge in [-0.3, -0.25) is 0 Å².